The number of carbonyl (C=O) groups excluding carboxylic acids is 3. The molecule has 73 heavy (non-hydrogen) atoms. The largest absolute Gasteiger partial charge is 0.462 e. The van der Waals surface area contributed by atoms with Gasteiger partial charge in [-0.15, -0.1) is 0 Å². The van der Waals surface area contributed by atoms with E-state index in [4.69, 9.17) is 14.2 Å². The molecule has 430 valence electrons. The van der Waals surface area contributed by atoms with Crippen molar-refractivity contribution in [1.29, 1.82) is 0 Å². The first-order valence-electron chi connectivity index (χ1n) is 32.8. The normalized spacial score (nSPS) is 12.1. The molecule has 6 heteroatoms. The first-order chi connectivity index (χ1) is 36.0. The summed E-state index contributed by atoms with van der Waals surface area (Å²) in [5.41, 5.74) is 0. The predicted molar refractivity (Wildman–Crippen MR) is 316 cm³/mol. The smallest absolute Gasteiger partial charge is 0.306 e. The van der Waals surface area contributed by atoms with Crippen LogP contribution in [0.2, 0.25) is 0 Å². The number of rotatable bonds is 61. The van der Waals surface area contributed by atoms with Crippen LogP contribution in [0.3, 0.4) is 0 Å². The summed E-state index contributed by atoms with van der Waals surface area (Å²) in [6, 6.07) is 0. The molecule has 0 aliphatic rings. The van der Waals surface area contributed by atoms with Gasteiger partial charge in [-0.2, -0.15) is 0 Å². The molecule has 0 bridgehead atoms. The van der Waals surface area contributed by atoms with E-state index in [0.717, 1.165) is 64.2 Å². The minimum atomic E-state index is -0.767. The number of hydrogen-bond acceptors (Lipinski definition) is 6. The number of ether oxygens (including phenoxy) is 3. The molecule has 0 N–H and O–H groups in total. The minimum absolute atomic E-state index is 0.0650. The van der Waals surface area contributed by atoms with Crippen molar-refractivity contribution in [2.75, 3.05) is 13.2 Å². The lowest BCUT2D eigenvalue weighted by Gasteiger charge is -2.18. The maximum absolute atomic E-state index is 12.9. The van der Waals surface area contributed by atoms with E-state index < -0.39 is 6.10 Å². The second-order valence-electron chi connectivity index (χ2n) is 22.4. The number of carbonyl (C=O) groups is 3. The van der Waals surface area contributed by atoms with Crippen LogP contribution in [0.15, 0.2) is 24.3 Å². The lowest BCUT2D eigenvalue weighted by molar-refractivity contribution is -0.167. The monoisotopic (exact) mass is 1030 g/mol. The molecule has 0 radical (unpaired) electrons. The van der Waals surface area contributed by atoms with E-state index in [-0.39, 0.29) is 31.1 Å². The molecule has 0 aromatic heterocycles. The van der Waals surface area contributed by atoms with E-state index >= 15 is 0 Å². The van der Waals surface area contributed by atoms with Crippen molar-refractivity contribution in [3.05, 3.63) is 24.3 Å². The Balaban J connectivity index is 4.28. The zero-order chi connectivity index (χ0) is 52.9. The van der Waals surface area contributed by atoms with Crippen molar-refractivity contribution >= 4 is 17.9 Å². The molecule has 0 spiro atoms. The second-order valence-corrected chi connectivity index (χ2v) is 22.4. The van der Waals surface area contributed by atoms with Crippen LogP contribution in [0.1, 0.15) is 367 Å². The Morgan fingerprint density at radius 3 is 0.753 bits per heavy atom. The van der Waals surface area contributed by atoms with Gasteiger partial charge in [-0.1, -0.05) is 321 Å². The van der Waals surface area contributed by atoms with E-state index in [1.165, 1.54) is 263 Å². The molecular weight excluding hydrogens is 901 g/mol. The van der Waals surface area contributed by atoms with Gasteiger partial charge in [-0.3, -0.25) is 14.4 Å². The van der Waals surface area contributed by atoms with E-state index in [9.17, 15) is 14.4 Å². The highest BCUT2D eigenvalue weighted by atomic mass is 16.6. The van der Waals surface area contributed by atoms with Crippen molar-refractivity contribution in [1.82, 2.24) is 0 Å². The Labute approximate surface area is 455 Å². The van der Waals surface area contributed by atoms with Crippen LogP contribution in [0.5, 0.6) is 0 Å². The molecular formula is C67H126O6. The third-order valence-electron chi connectivity index (χ3n) is 15.0. The lowest BCUT2D eigenvalue weighted by Crippen LogP contribution is -2.30. The summed E-state index contributed by atoms with van der Waals surface area (Å²) in [7, 11) is 0. The fourth-order valence-corrected chi connectivity index (χ4v) is 10.0. The van der Waals surface area contributed by atoms with Gasteiger partial charge >= 0.3 is 17.9 Å². The Kier molecular flexibility index (Phi) is 60.6. The molecule has 1 atom stereocenters. The van der Waals surface area contributed by atoms with Crippen LogP contribution >= 0.6 is 0 Å². The first-order valence-corrected chi connectivity index (χ1v) is 32.8. The van der Waals surface area contributed by atoms with Crippen LogP contribution < -0.4 is 0 Å². The second kappa shape index (κ2) is 62.4. The maximum atomic E-state index is 12.9. The van der Waals surface area contributed by atoms with E-state index in [0.29, 0.717) is 19.3 Å². The topological polar surface area (TPSA) is 78.9 Å². The molecule has 0 saturated carbocycles. The Hall–Kier alpha value is -2.11. The zero-order valence-corrected chi connectivity index (χ0v) is 49.4. The van der Waals surface area contributed by atoms with Gasteiger partial charge in [0.25, 0.3) is 0 Å². The first kappa shape index (κ1) is 70.9. The molecule has 0 amide bonds. The fraction of sp³-hybridized carbons (Fsp3) is 0.896. The van der Waals surface area contributed by atoms with Gasteiger partial charge in [-0.25, -0.2) is 0 Å². The third kappa shape index (κ3) is 60.6. The Morgan fingerprint density at radius 2 is 0.493 bits per heavy atom. The molecule has 0 aromatic carbocycles. The average molecular weight is 1030 g/mol. The summed E-state index contributed by atoms with van der Waals surface area (Å²) in [5, 5.41) is 0. The SMILES string of the molecule is CCCCCCC/C=C\C/C=C\CCCCCCCCCCCCCC(=O)OCC(COC(=O)CCCCCCCCCCCCCCCCC)OC(=O)CCCCCCCCCCCCCCCCCCC. The summed E-state index contributed by atoms with van der Waals surface area (Å²) < 4.78 is 17.0. The molecule has 0 aliphatic heterocycles. The van der Waals surface area contributed by atoms with Gasteiger partial charge in [0, 0.05) is 19.3 Å². The average Bonchev–Trinajstić information content (AvgIpc) is 3.39. The Bertz CT molecular complexity index is 1180. The van der Waals surface area contributed by atoms with E-state index in [2.05, 4.69) is 45.1 Å². The van der Waals surface area contributed by atoms with E-state index in [1.807, 2.05) is 0 Å². The summed E-state index contributed by atoms with van der Waals surface area (Å²) >= 11 is 0. The number of allylic oxidation sites excluding steroid dienone is 4. The van der Waals surface area contributed by atoms with Crippen LogP contribution in [-0.2, 0) is 28.6 Å². The van der Waals surface area contributed by atoms with Crippen molar-refractivity contribution < 1.29 is 28.6 Å². The fourth-order valence-electron chi connectivity index (χ4n) is 10.0. The van der Waals surface area contributed by atoms with Crippen LogP contribution in [-0.4, -0.2) is 37.2 Å². The standard InChI is InChI=1S/C67H126O6/c1-4-7-10-13-16-19-22-25-28-30-31-32-33-34-35-37-39-42-45-48-51-54-57-60-66(69)72-63-64(62-71-65(68)59-56-53-50-47-44-41-38-27-24-21-18-15-12-9-6-3)73-67(70)61-58-55-52-49-46-43-40-36-29-26-23-20-17-14-11-8-5-2/h22,25,30-31,64H,4-21,23-24,26-29,32-63H2,1-3H3/b25-22-,31-30-. The van der Waals surface area contributed by atoms with Crippen LogP contribution in [0.25, 0.3) is 0 Å². The highest BCUT2D eigenvalue weighted by molar-refractivity contribution is 5.71. The van der Waals surface area contributed by atoms with Gasteiger partial charge in [-0.05, 0) is 51.4 Å². The molecule has 1 unspecified atom stereocenters. The summed E-state index contributed by atoms with van der Waals surface area (Å²) in [4.78, 5) is 38.3. The number of hydrogen-bond donors (Lipinski definition) is 0. The molecule has 0 saturated heterocycles. The zero-order valence-electron chi connectivity index (χ0n) is 49.4. The summed E-state index contributed by atoms with van der Waals surface area (Å²) in [6.07, 6.45) is 74.7. The van der Waals surface area contributed by atoms with Crippen LogP contribution in [0.4, 0.5) is 0 Å². The number of unbranched alkanes of at least 4 members (excludes halogenated alkanes) is 46. The predicted octanol–water partition coefficient (Wildman–Crippen LogP) is 22.2. The molecule has 0 fully saturated rings. The quantitative estimate of drug-likeness (QED) is 0.0261. The van der Waals surface area contributed by atoms with Crippen molar-refractivity contribution in [2.24, 2.45) is 0 Å². The minimum Gasteiger partial charge on any atom is -0.462 e. The van der Waals surface area contributed by atoms with Crippen LogP contribution in [0, 0.1) is 0 Å². The molecule has 0 heterocycles. The van der Waals surface area contributed by atoms with Gasteiger partial charge < -0.3 is 14.2 Å². The lowest BCUT2D eigenvalue weighted by atomic mass is 10.0. The van der Waals surface area contributed by atoms with E-state index in [1.54, 1.807) is 0 Å². The van der Waals surface area contributed by atoms with Gasteiger partial charge in [0.15, 0.2) is 6.10 Å². The maximum Gasteiger partial charge on any atom is 0.306 e. The van der Waals surface area contributed by atoms with Crippen molar-refractivity contribution in [2.45, 2.75) is 374 Å². The molecule has 0 aliphatic carbocycles. The summed E-state index contributed by atoms with van der Waals surface area (Å²) in [5.74, 6) is -0.837. The van der Waals surface area contributed by atoms with Gasteiger partial charge in [0.05, 0.1) is 0 Å². The van der Waals surface area contributed by atoms with Crippen molar-refractivity contribution in [3.8, 4) is 0 Å². The highest BCUT2D eigenvalue weighted by Crippen LogP contribution is 2.18. The van der Waals surface area contributed by atoms with Gasteiger partial charge in [0.2, 0.25) is 0 Å². The van der Waals surface area contributed by atoms with Crippen molar-refractivity contribution in [3.63, 3.8) is 0 Å². The molecule has 6 nitrogen and oxygen atoms in total. The Morgan fingerprint density at radius 1 is 0.274 bits per heavy atom. The van der Waals surface area contributed by atoms with Gasteiger partial charge in [0.1, 0.15) is 13.2 Å². The summed E-state index contributed by atoms with van der Waals surface area (Å²) in [6.45, 7) is 6.70. The number of esters is 3. The molecule has 0 rings (SSSR count). The highest BCUT2D eigenvalue weighted by Gasteiger charge is 2.19. The molecule has 0 aromatic rings. The third-order valence-corrected chi connectivity index (χ3v) is 15.0.